The number of rotatable bonds is 5. The van der Waals surface area contributed by atoms with Crippen molar-refractivity contribution in [1.82, 2.24) is 15.2 Å². The molecule has 1 amide bonds. The van der Waals surface area contributed by atoms with E-state index in [-0.39, 0.29) is 5.91 Å². The van der Waals surface area contributed by atoms with Crippen molar-refractivity contribution in [3.8, 4) is 5.75 Å². The van der Waals surface area contributed by atoms with Crippen molar-refractivity contribution in [1.29, 1.82) is 0 Å². The lowest BCUT2D eigenvalue weighted by molar-refractivity contribution is 0.102. The normalized spacial score (nSPS) is 10.4. The molecule has 2 N–H and O–H groups in total. The molecule has 0 atom stereocenters. The molecule has 1 aromatic carbocycles. The molecule has 0 bridgehead atoms. The third-order valence-electron chi connectivity index (χ3n) is 2.93. The lowest BCUT2D eigenvalue weighted by Gasteiger charge is -2.11. The predicted molar refractivity (Wildman–Crippen MR) is 84.2 cm³/mol. The second-order valence-corrected chi connectivity index (χ2v) is 5.37. The average Bonchev–Trinajstić information content (AvgIpc) is 3.17. The minimum absolute atomic E-state index is 0.283. The lowest BCUT2D eigenvalue weighted by atomic mass is 10.2. The van der Waals surface area contributed by atoms with Crippen molar-refractivity contribution in [2.45, 2.75) is 13.5 Å². The summed E-state index contributed by atoms with van der Waals surface area (Å²) < 4.78 is 5.72. The van der Waals surface area contributed by atoms with Crippen LogP contribution in [0.5, 0.6) is 5.75 Å². The molecule has 0 saturated carbocycles. The number of hydrogen-bond acceptors (Lipinski definition) is 5. The van der Waals surface area contributed by atoms with E-state index in [0.717, 1.165) is 11.4 Å². The number of ether oxygens (including phenoxy) is 1. The van der Waals surface area contributed by atoms with Gasteiger partial charge in [-0.1, -0.05) is 12.1 Å². The Morgan fingerprint density at radius 1 is 1.41 bits per heavy atom. The zero-order chi connectivity index (χ0) is 15.4. The van der Waals surface area contributed by atoms with Crippen LogP contribution in [0.15, 0.2) is 41.2 Å². The van der Waals surface area contributed by atoms with Crippen LogP contribution < -0.4 is 10.1 Å². The van der Waals surface area contributed by atoms with Crippen molar-refractivity contribution in [2.24, 2.45) is 0 Å². The summed E-state index contributed by atoms with van der Waals surface area (Å²) in [6.45, 7) is 2.20. The topological polar surface area (TPSA) is 79.9 Å². The molecule has 0 aliphatic heterocycles. The molecule has 0 unspecified atom stereocenters. The molecular formula is C15H14N4O2S. The summed E-state index contributed by atoms with van der Waals surface area (Å²) in [6, 6.07) is 8.96. The van der Waals surface area contributed by atoms with Crippen LogP contribution >= 0.6 is 11.3 Å². The molecule has 22 heavy (non-hydrogen) atoms. The summed E-state index contributed by atoms with van der Waals surface area (Å²) in [6.07, 6.45) is 0. The molecular weight excluding hydrogens is 300 g/mol. The summed E-state index contributed by atoms with van der Waals surface area (Å²) in [5, 5.41) is 11.4. The molecule has 0 aliphatic carbocycles. The van der Waals surface area contributed by atoms with Crippen molar-refractivity contribution >= 4 is 22.9 Å². The second-order valence-electron chi connectivity index (χ2n) is 4.65. The number of H-pyrrole nitrogens is 1. The zero-order valence-corrected chi connectivity index (χ0v) is 12.7. The first-order valence-electron chi connectivity index (χ1n) is 6.64. The van der Waals surface area contributed by atoms with Gasteiger partial charge in [0.25, 0.3) is 5.91 Å². The number of aromatic amines is 1. The minimum atomic E-state index is -0.283. The number of carbonyl (C=O) groups is 1. The number of hydrogen-bond donors (Lipinski definition) is 2. The summed E-state index contributed by atoms with van der Waals surface area (Å²) in [7, 11) is 0. The molecule has 0 radical (unpaired) electrons. The Morgan fingerprint density at radius 3 is 3.00 bits per heavy atom. The van der Waals surface area contributed by atoms with Crippen LogP contribution in [-0.4, -0.2) is 21.1 Å². The number of benzene rings is 1. The van der Waals surface area contributed by atoms with Gasteiger partial charge in [0.2, 0.25) is 0 Å². The Bertz CT molecular complexity index is 767. The summed E-state index contributed by atoms with van der Waals surface area (Å²) in [4.78, 5) is 16.3. The third-order valence-corrected chi connectivity index (χ3v) is 3.57. The van der Waals surface area contributed by atoms with Crippen LogP contribution in [-0.2, 0) is 6.61 Å². The number of para-hydroxylation sites is 2. The molecule has 112 valence electrons. The number of aryl methyl sites for hydroxylation is 1. The van der Waals surface area contributed by atoms with Gasteiger partial charge in [-0.05, 0) is 25.1 Å². The molecule has 2 heterocycles. The summed E-state index contributed by atoms with van der Waals surface area (Å²) >= 11 is 1.52. The molecule has 0 spiro atoms. The van der Waals surface area contributed by atoms with E-state index in [1.807, 2.05) is 24.4 Å². The van der Waals surface area contributed by atoms with Crippen LogP contribution in [0.1, 0.15) is 21.9 Å². The van der Waals surface area contributed by atoms with Gasteiger partial charge in [-0.2, -0.15) is 5.10 Å². The van der Waals surface area contributed by atoms with Crippen LogP contribution in [0.25, 0.3) is 0 Å². The van der Waals surface area contributed by atoms with Gasteiger partial charge in [0.05, 0.1) is 16.9 Å². The summed E-state index contributed by atoms with van der Waals surface area (Å²) in [5.41, 5.74) is 4.38. The van der Waals surface area contributed by atoms with E-state index in [1.165, 1.54) is 11.3 Å². The molecule has 0 saturated heterocycles. The van der Waals surface area contributed by atoms with Crippen LogP contribution in [0.3, 0.4) is 0 Å². The van der Waals surface area contributed by atoms with Gasteiger partial charge in [-0.15, -0.1) is 11.3 Å². The standard InChI is InChI=1S/C15H14N4O2S/c1-10-6-13(19-18-10)15(20)17-12-4-2-3-5-14(12)21-7-11-8-22-9-16-11/h2-6,8-9H,7H2,1H3,(H,17,20)(H,18,19). The van der Waals surface area contributed by atoms with Crippen molar-refractivity contribution in [2.75, 3.05) is 5.32 Å². The molecule has 2 aromatic heterocycles. The Labute approximate surface area is 131 Å². The zero-order valence-electron chi connectivity index (χ0n) is 11.9. The van der Waals surface area contributed by atoms with E-state index >= 15 is 0 Å². The quantitative estimate of drug-likeness (QED) is 0.758. The van der Waals surface area contributed by atoms with Crippen molar-refractivity contribution in [3.63, 3.8) is 0 Å². The first-order valence-corrected chi connectivity index (χ1v) is 7.59. The van der Waals surface area contributed by atoms with Gasteiger partial charge in [-0.25, -0.2) is 4.98 Å². The first kappa shape index (κ1) is 14.3. The van der Waals surface area contributed by atoms with Gasteiger partial charge < -0.3 is 10.1 Å². The first-order chi connectivity index (χ1) is 10.7. The highest BCUT2D eigenvalue weighted by Crippen LogP contribution is 2.25. The number of nitrogens with zero attached hydrogens (tertiary/aromatic N) is 2. The van der Waals surface area contributed by atoms with E-state index in [0.29, 0.717) is 23.7 Å². The smallest absolute Gasteiger partial charge is 0.276 e. The maximum Gasteiger partial charge on any atom is 0.276 e. The number of amides is 1. The molecule has 0 aliphatic rings. The maximum atomic E-state index is 12.2. The highest BCUT2D eigenvalue weighted by Gasteiger charge is 2.12. The van der Waals surface area contributed by atoms with Crippen LogP contribution in [0.2, 0.25) is 0 Å². The van der Waals surface area contributed by atoms with Gasteiger partial charge in [0.15, 0.2) is 5.69 Å². The van der Waals surface area contributed by atoms with E-state index in [4.69, 9.17) is 4.74 Å². The number of aromatic nitrogens is 3. The molecule has 7 heteroatoms. The van der Waals surface area contributed by atoms with Crippen molar-refractivity contribution < 1.29 is 9.53 Å². The van der Waals surface area contributed by atoms with E-state index < -0.39 is 0 Å². The molecule has 6 nitrogen and oxygen atoms in total. The number of anilines is 1. The van der Waals surface area contributed by atoms with Crippen LogP contribution in [0, 0.1) is 6.92 Å². The SMILES string of the molecule is Cc1cc(C(=O)Nc2ccccc2OCc2cscn2)n[nH]1. The van der Waals surface area contributed by atoms with Gasteiger partial charge >= 0.3 is 0 Å². The van der Waals surface area contributed by atoms with Crippen LogP contribution in [0.4, 0.5) is 5.69 Å². The van der Waals surface area contributed by atoms with Gasteiger partial charge in [0, 0.05) is 11.1 Å². The molecule has 3 rings (SSSR count). The fourth-order valence-corrected chi connectivity index (χ4v) is 2.42. The Morgan fingerprint density at radius 2 is 2.27 bits per heavy atom. The Balaban J connectivity index is 1.72. The van der Waals surface area contributed by atoms with Gasteiger partial charge in [-0.3, -0.25) is 9.89 Å². The number of nitrogens with one attached hydrogen (secondary N) is 2. The fourth-order valence-electron chi connectivity index (χ4n) is 1.88. The average molecular weight is 314 g/mol. The minimum Gasteiger partial charge on any atom is -0.485 e. The predicted octanol–water partition coefficient (Wildman–Crippen LogP) is 3.01. The highest BCUT2D eigenvalue weighted by atomic mass is 32.1. The lowest BCUT2D eigenvalue weighted by Crippen LogP contribution is -2.13. The number of carbonyl (C=O) groups excluding carboxylic acids is 1. The molecule has 3 aromatic rings. The highest BCUT2D eigenvalue weighted by molar-refractivity contribution is 7.07. The fraction of sp³-hybridized carbons (Fsp3) is 0.133. The molecule has 0 fully saturated rings. The third kappa shape index (κ3) is 3.32. The van der Waals surface area contributed by atoms with E-state index in [1.54, 1.807) is 23.7 Å². The Hall–Kier alpha value is -2.67. The van der Waals surface area contributed by atoms with Crippen molar-refractivity contribution in [3.05, 3.63) is 58.3 Å². The van der Waals surface area contributed by atoms with E-state index in [9.17, 15) is 4.79 Å². The van der Waals surface area contributed by atoms with E-state index in [2.05, 4.69) is 20.5 Å². The number of thiazole rings is 1. The summed E-state index contributed by atoms with van der Waals surface area (Å²) in [5.74, 6) is 0.310. The monoisotopic (exact) mass is 314 g/mol. The Kier molecular flexibility index (Phi) is 4.15. The van der Waals surface area contributed by atoms with Gasteiger partial charge in [0.1, 0.15) is 12.4 Å². The maximum absolute atomic E-state index is 12.2. The largest absolute Gasteiger partial charge is 0.485 e. The second kappa shape index (κ2) is 6.40.